The van der Waals surface area contributed by atoms with E-state index in [0.717, 1.165) is 18.4 Å². The van der Waals surface area contributed by atoms with Crippen molar-refractivity contribution in [3.8, 4) is 0 Å². The first-order valence-electron chi connectivity index (χ1n) is 14.4. The normalized spacial score (nSPS) is 41.5. The van der Waals surface area contributed by atoms with Crippen LogP contribution < -0.4 is 0 Å². The highest BCUT2D eigenvalue weighted by atomic mass is 16.5. The molecule has 214 valence electrons. The van der Waals surface area contributed by atoms with Crippen molar-refractivity contribution in [1.29, 1.82) is 0 Å². The lowest BCUT2D eigenvalue weighted by atomic mass is 9.46. The quantitative estimate of drug-likeness (QED) is 0.288. The van der Waals surface area contributed by atoms with Crippen LogP contribution in [0.25, 0.3) is 0 Å². The van der Waals surface area contributed by atoms with Gasteiger partial charge >= 0.3 is 5.97 Å². The number of esters is 1. The van der Waals surface area contributed by atoms with E-state index in [1.54, 1.807) is 39.8 Å². The van der Waals surface area contributed by atoms with E-state index in [-0.39, 0.29) is 47.4 Å². The molecular formula is C31H48O7. The molecule has 0 aromatic heterocycles. The topological polar surface area (TPSA) is 124 Å². The molecule has 7 heteroatoms. The minimum Gasteiger partial charge on any atom is -0.459 e. The van der Waals surface area contributed by atoms with Crippen molar-refractivity contribution in [2.75, 3.05) is 0 Å². The summed E-state index contributed by atoms with van der Waals surface area (Å²) in [4.78, 5) is 25.6. The molecule has 0 radical (unpaired) electrons. The van der Waals surface area contributed by atoms with Gasteiger partial charge < -0.3 is 25.2 Å². The van der Waals surface area contributed by atoms with Crippen molar-refractivity contribution in [2.24, 2.45) is 28.6 Å². The molecule has 4 N–H and O–H groups in total. The fraction of sp³-hybridized carbons (Fsp3) is 0.806. The molecule has 0 aromatic rings. The van der Waals surface area contributed by atoms with Crippen molar-refractivity contribution in [3.05, 3.63) is 23.8 Å². The van der Waals surface area contributed by atoms with Gasteiger partial charge in [0.1, 0.15) is 6.10 Å². The maximum Gasteiger partial charge on any atom is 0.330 e. The summed E-state index contributed by atoms with van der Waals surface area (Å²) in [6.07, 6.45) is 8.37. The van der Waals surface area contributed by atoms with E-state index in [9.17, 15) is 30.0 Å². The number of hydrogen-bond acceptors (Lipinski definition) is 7. The number of aliphatic hydroxyl groups excluding tert-OH is 1. The monoisotopic (exact) mass is 532 g/mol. The molecule has 0 spiro atoms. The van der Waals surface area contributed by atoms with Crippen molar-refractivity contribution >= 4 is 11.8 Å². The Labute approximate surface area is 227 Å². The summed E-state index contributed by atoms with van der Waals surface area (Å²) in [5.41, 5.74) is -3.86. The third kappa shape index (κ3) is 4.71. The van der Waals surface area contributed by atoms with Gasteiger partial charge in [0.2, 0.25) is 0 Å². The van der Waals surface area contributed by atoms with Crippen LogP contribution in [0, 0.1) is 28.6 Å². The summed E-state index contributed by atoms with van der Waals surface area (Å²) in [6.45, 7) is 11.0. The molecule has 3 fully saturated rings. The van der Waals surface area contributed by atoms with Crippen LogP contribution in [0.5, 0.6) is 0 Å². The van der Waals surface area contributed by atoms with E-state index in [1.807, 2.05) is 6.92 Å². The zero-order chi connectivity index (χ0) is 28.3. The Bertz CT molecular complexity index is 1010. The van der Waals surface area contributed by atoms with E-state index in [4.69, 9.17) is 4.74 Å². The second-order valence-electron chi connectivity index (χ2n) is 13.9. The maximum absolute atomic E-state index is 13.6. The highest BCUT2D eigenvalue weighted by Gasteiger charge is 2.68. The van der Waals surface area contributed by atoms with Gasteiger partial charge in [-0.2, -0.15) is 0 Å². The smallest absolute Gasteiger partial charge is 0.330 e. The van der Waals surface area contributed by atoms with E-state index < -0.39 is 28.3 Å². The zero-order valence-corrected chi connectivity index (χ0v) is 24.0. The average molecular weight is 533 g/mol. The summed E-state index contributed by atoms with van der Waals surface area (Å²) < 4.78 is 5.61. The predicted octanol–water partition coefficient (Wildman–Crippen LogP) is 4.01. The SMILES string of the molecule is CC=CC(=O)O[C@H]1CC[C@@]2(C)[C@@H](C1)C(=O)C=C1[C@@H]2CC[C@]2(C)C([C@@](C)(O)[C@H](O)CCC(C)(C)O)CC[C@@]12O. The Morgan fingerprint density at radius 3 is 2.45 bits per heavy atom. The number of allylic oxidation sites excluding steroid dienone is 2. The molecule has 4 rings (SSSR count). The summed E-state index contributed by atoms with van der Waals surface area (Å²) in [6, 6.07) is 0. The van der Waals surface area contributed by atoms with Crippen LogP contribution in [0.15, 0.2) is 23.8 Å². The third-order valence-corrected chi connectivity index (χ3v) is 11.0. The summed E-state index contributed by atoms with van der Waals surface area (Å²) >= 11 is 0. The van der Waals surface area contributed by atoms with Crippen LogP contribution in [0.3, 0.4) is 0 Å². The Hall–Kier alpha value is -1.54. The van der Waals surface area contributed by atoms with Crippen LogP contribution in [0.4, 0.5) is 0 Å². The van der Waals surface area contributed by atoms with E-state index in [2.05, 4.69) is 6.92 Å². The van der Waals surface area contributed by atoms with Gasteiger partial charge in [0, 0.05) is 17.4 Å². The summed E-state index contributed by atoms with van der Waals surface area (Å²) in [7, 11) is 0. The number of rotatable bonds is 7. The molecule has 0 aromatic carbocycles. The molecule has 38 heavy (non-hydrogen) atoms. The number of ketones is 1. The Kier molecular flexibility index (Phi) is 7.61. The third-order valence-electron chi connectivity index (χ3n) is 11.0. The van der Waals surface area contributed by atoms with Gasteiger partial charge in [-0.15, -0.1) is 0 Å². The van der Waals surface area contributed by atoms with Gasteiger partial charge in [0.15, 0.2) is 5.78 Å². The molecule has 9 atom stereocenters. The van der Waals surface area contributed by atoms with Crippen LogP contribution >= 0.6 is 0 Å². The first-order chi connectivity index (χ1) is 17.5. The Morgan fingerprint density at radius 1 is 1.13 bits per heavy atom. The summed E-state index contributed by atoms with van der Waals surface area (Å²) in [5.74, 6) is -0.966. The fourth-order valence-electron chi connectivity index (χ4n) is 8.70. The number of ether oxygens (including phenoxy) is 1. The molecule has 4 aliphatic rings. The fourth-order valence-corrected chi connectivity index (χ4v) is 8.70. The second-order valence-corrected chi connectivity index (χ2v) is 13.9. The van der Waals surface area contributed by atoms with Crippen LogP contribution in [0.2, 0.25) is 0 Å². The molecule has 4 aliphatic carbocycles. The number of fused-ring (bicyclic) bond motifs is 5. The van der Waals surface area contributed by atoms with Crippen molar-refractivity contribution in [2.45, 2.75) is 128 Å². The highest BCUT2D eigenvalue weighted by Crippen LogP contribution is 2.68. The van der Waals surface area contributed by atoms with Gasteiger partial charge in [-0.1, -0.05) is 19.9 Å². The van der Waals surface area contributed by atoms with E-state index in [1.165, 1.54) is 6.08 Å². The molecule has 0 aliphatic heterocycles. The molecule has 0 saturated heterocycles. The van der Waals surface area contributed by atoms with Crippen LogP contribution in [-0.4, -0.2) is 61.2 Å². The van der Waals surface area contributed by atoms with Crippen molar-refractivity contribution in [1.82, 2.24) is 0 Å². The largest absolute Gasteiger partial charge is 0.459 e. The zero-order valence-electron chi connectivity index (χ0n) is 24.0. The first kappa shape index (κ1) is 29.4. The molecular weight excluding hydrogens is 484 g/mol. The average Bonchev–Trinajstić information content (AvgIpc) is 3.10. The summed E-state index contributed by atoms with van der Waals surface area (Å²) in [5, 5.41) is 45.2. The van der Waals surface area contributed by atoms with Gasteiger partial charge in [-0.05, 0) is 114 Å². The van der Waals surface area contributed by atoms with Crippen LogP contribution in [-0.2, 0) is 14.3 Å². The lowest BCUT2D eigenvalue weighted by Crippen LogP contribution is -2.62. The van der Waals surface area contributed by atoms with Gasteiger partial charge in [-0.25, -0.2) is 4.79 Å². The minimum atomic E-state index is -1.45. The predicted molar refractivity (Wildman–Crippen MR) is 144 cm³/mol. The highest BCUT2D eigenvalue weighted by molar-refractivity contribution is 5.95. The molecule has 1 unspecified atom stereocenters. The molecule has 0 heterocycles. The lowest BCUT2D eigenvalue weighted by Gasteiger charge is -2.60. The van der Waals surface area contributed by atoms with E-state index in [0.29, 0.717) is 38.5 Å². The molecule has 0 bridgehead atoms. The Morgan fingerprint density at radius 2 is 1.82 bits per heavy atom. The minimum absolute atomic E-state index is 0.0105. The van der Waals surface area contributed by atoms with Crippen LogP contribution in [0.1, 0.15) is 99.3 Å². The molecule has 7 nitrogen and oxygen atoms in total. The first-order valence-corrected chi connectivity index (χ1v) is 14.4. The number of carbonyl (C=O) groups excluding carboxylic acids is 2. The van der Waals surface area contributed by atoms with Crippen molar-refractivity contribution in [3.63, 3.8) is 0 Å². The molecule has 0 amide bonds. The van der Waals surface area contributed by atoms with Crippen molar-refractivity contribution < 1.29 is 34.8 Å². The number of aliphatic hydroxyl groups is 4. The standard InChI is InChI=1S/C31H48O7/c1-7-8-26(34)38-19-9-14-28(4)20-10-15-29(5)24(30(6,36)25(33)12-13-27(2,3)35)11-16-31(29,37)21(20)18-23(32)22(28)17-19/h7-8,18-20,22,24-25,33,35-37H,9-17H2,1-6H3/t19-,20-,22-,24?,25+,28+,29+,30+,31+/m0/s1. The Balaban J connectivity index is 1.60. The van der Waals surface area contributed by atoms with Gasteiger partial charge in [0.25, 0.3) is 0 Å². The maximum atomic E-state index is 13.6. The van der Waals surface area contributed by atoms with E-state index >= 15 is 0 Å². The van der Waals surface area contributed by atoms with Gasteiger partial charge in [-0.3, -0.25) is 4.79 Å². The number of carbonyl (C=O) groups is 2. The van der Waals surface area contributed by atoms with Gasteiger partial charge in [0.05, 0.1) is 22.9 Å². The number of hydrogen-bond donors (Lipinski definition) is 4. The lowest BCUT2D eigenvalue weighted by molar-refractivity contribution is -0.174. The molecule has 3 saturated carbocycles. The second kappa shape index (κ2) is 9.83.